The molecule has 0 spiro atoms. The molecule has 0 aromatic carbocycles. The molecule has 19 heavy (non-hydrogen) atoms. The maximum absolute atomic E-state index is 5.77. The molecular formula is C15H24N2O2. The molecule has 1 aliphatic heterocycles. The molecule has 1 N–H and O–H groups in total. The van der Waals surface area contributed by atoms with E-state index in [1.54, 1.807) is 0 Å². The molecule has 2 fully saturated rings. The Kier molecular flexibility index (Phi) is 3.91. The predicted molar refractivity (Wildman–Crippen MR) is 73.9 cm³/mol. The van der Waals surface area contributed by atoms with Crippen LogP contribution in [0.3, 0.4) is 0 Å². The second kappa shape index (κ2) is 5.65. The summed E-state index contributed by atoms with van der Waals surface area (Å²) >= 11 is 0. The lowest BCUT2D eigenvalue weighted by atomic mass is 10.2. The van der Waals surface area contributed by atoms with Gasteiger partial charge in [0.05, 0.1) is 25.0 Å². The molecule has 2 aliphatic rings. The number of ether oxygens (including phenoxy) is 1. The molecule has 106 valence electrons. The first-order chi connectivity index (χ1) is 9.20. The summed E-state index contributed by atoms with van der Waals surface area (Å²) in [4.78, 5) is 2.43. The summed E-state index contributed by atoms with van der Waals surface area (Å²) in [7, 11) is 0. The predicted octanol–water partition coefficient (Wildman–Crippen LogP) is 2.14. The minimum atomic E-state index is 0.312. The van der Waals surface area contributed by atoms with Crippen LogP contribution in [0.4, 0.5) is 0 Å². The topological polar surface area (TPSA) is 37.6 Å². The van der Waals surface area contributed by atoms with E-state index in [1.165, 1.54) is 18.4 Å². The number of hydrogen-bond donors (Lipinski definition) is 1. The van der Waals surface area contributed by atoms with Crippen LogP contribution in [-0.4, -0.2) is 36.2 Å². The molecular weight excluding hydrogens is 240 g/mol. The molecule has 4 nitrogen and oxygen atoms in total. The van der Waals surface area contributed by atoms with E-state index in [0.717, 1.165) is 38.0 Å². The minimum absolute atomic E-state index is 0.312. The average molecular weight is 264 g/mol. The molecule has 2 heterocycles. The molecule has 2 atom stereocenters. The maximum Gasteiger partial charge on any atom is 0.122 e. The zero-order chi connectivity index (χ0) is 13.2. The molecule has 3 rings (SSSR count). The maximum atomic E-state index is 5.77. The zero-order valence-corrected chi connectivity index (χ0v) is 11.9. The fourth-order valence-corrected chi connectivity index (χ4v) is 2.82. The largest absolute Gasteiger partial charge is 0.468 e. The summed E-state index contributed by atoms with van der Waals surface area (Å²) < 4.78 is 11.4. The number of nitrogens with zero attached hydrogens (tertiary/aromatic N) is 1. The van der Waals surface area contributed by atoms with Crippen molar-refractivity contribution in [3.05, 3.63) is 23.7 Å². The summed E-state index contributed by atoms with van der Waals surface area (Å²) in [6, 6.07) is 2.84. The van der Waals surface area contributed by atoms with E-state index >= 15 is 0 Å². The molecule has 0 amide bonds. The van der Waals surface area contributed by atoms with Gasteiger partial charge in [-0.15, -0.1) is 0 Å². The third kappa shape index (κ3) is 3.59. The first-order valence-corrected chi connectivity index (χ1v) is 7.37. The van der Waals surface area contributed by atoms with Crippen molar-refractivity contribution in [3.8, 4) is 0 Å². The van der Waals surface area contributed by atoms with Gasteiger partial charge in [-0.25, -0.2) is 0 Å². The van der Waals surface area contributed by atoms with E-state index in [9.17, 15) is 0 Å². The van der Waals surface area contributed by atoms with E-state index in [1.807, 2.05) is 6.26 Å². The van der Waals surface area contributed by atoms with Gasteiger partial charge in [-0.2, -0.15) is 0 Å². The van der Waals surface area contributed by atoms with Gasteiger partial charge in [-0.3, -0.25) is 4.90 Å². The van der Waals surface area contributed by atoms with E-state index in [2.05, 4.69) is 30.1 Å². The Morgan fingerprint density at radius 3 is 2.68 bits per heavy atom. The van der Waals surface area contributed by atoms with Crippen molar-refractivity contribution >= 4 is 0 Å². The smallest absolute Gasteiger partial charge is 0.122 e. The van der Waals surface area contributed by atoms with Gasteiger partial charge >= 0.3 is 0 Å². The van der Waals surface area contributed by atoms with Crippen LogP contribution in [0.1, 0.15) is 38.0 Å². The number of nitrogens with one attached hydrogen (secondary N) is 1. The lowest BCUT2D eigenvalue weighted by Crippen LogP contribution is -2.44. The van der Waals surface area contributed by atoms with Crippen LogP contribution in [-0.2, 0) is 17.8 Å². The molecule has 4 heteroatoms. The third-order valence-electron chi connectivity index (χ3n) is 3.86. The fourth-order valence-electron chi connectivity index (χ4n) is 2.82. The van der Waals surface area contributed by atoms with Gasteiger partial charge in [0.25, 0.3) is 0 Å². The highest BCUT2D eigenvalue weighted by Gasteiger charge is 2.24. The normalized spacial score (nSPS) is 28.7. The Balaban J connectivity index is 1.57. The average Bonchev–Trinajstić information content (AvgIpc) is 3.07. The Hall–Kier alpha value is -0.840. The van der Waals surface area contributed by atoms with Crippen LogP contribution in [0.25, 0.3) is 0 Å². The second-order valence-corrected chi connectivity index (χ2v) is 5.98. The van der Waals surface area contributed by atoms with E-state index in [4.69, 9.17) is 9.15 Å². The zero-order valence-electron chi connectivity index (χ0n) is 11.9. The van der Waals surface area contributed by atoms with Crippen molar-refractivity contribution in [2.45, 2.75) is 58.0 Å². The summed E-state index contributed by atoms with van der Waals surface area (Å²) in [6.07, 6.45) is 5.09. The van der Waals surface area contributed by atoms with Gasteiger partial charge in [0.1, 0.15) is 5.76 Å². The van der Waals surface area contributed by atoms with Crippen molar-refractivity contribution in [1.29, 1.82) is 0 Å². The summed E-state index contributed by atoms with van der Waals surface area (Å²) in [5.74, 6) is 1.11. The SMILES string of the molecule is CC1CN(Cc2occc2CNC2CC2)CC(C)O1. The van der Waals surface area contributed by atoms with Crippen LogP contribution in [0.2, 0.25) is 0 Å². The lowest BCUT2D eigenvalue weighted by Gasteiger charge is -2.34. The molecule has 1 aliphatic carbocycles. The number of furan rings is 1. The van der Waals surface area contributed by atoms with Gasteiger partial charge in [0.2, 0.25) is 0 Å². The summed E-state index contributed by atoms with van der Waals surface area (Å²) in [5.41, 5.74) is 1.30. The van der Waals surface area contributed by atoms with Crippen LogP contribution in [0, 0.1) is 0 Å². The first-order valence-electron chi connectivity index (χ1n) is 7.37. The van der Waals surface area contributed by atoms with Gasteiger partial charge < -0.3 is 14.5 Å². The molecule has 0 radical (unpaired) electrons. The molecule has 2 unspecified atom stereocenters. The van der Waals surface area contributed by atoms with Crippen LogP contribution >= 0.6 is 0 Å². The molecule has 0 bridgehead atoms. The summed E-state index contributed by atoms with van der Waals surface area (Å²) in [6.45, 7) is 8.08. The lowest BCUT2D eigenvalue weighted by molar-refractivity contribution is -0.0719. The molecule has 1 saturated heterocycles. The number of hydrogen-bond acceptors (Lipinski definition) is 4. The molecule has 1 saturated carbocycles. The Labute approximate surface area is 115 Å². The number of morpholine rings is 1. The Morgan fingerprint density at radius 2 is 2.00 bits per heavy atom. The molecule has 1 aromatic rings. The molecule has 1 aromatic heterocycles. The van der Waals surface area contributed by atoms with Crippen molar-refractivity contribution in [2.75, 3.05) is 13.1 Å². The van der Waals surface area contributed by atoms with Crippen molar-refractivity contribution < 1.29 is 9.15 Å². The van der Waals surface area contributed by atoms with Crippen LogP contribution in [0.5, 0.6) is 0 Å². The summed E-state index contributed by atoms with van der Waals surface area (Å²) in [5, 5.41) is 3.55. The Morgan fingerprint density at radius 1 is 1.26 bits per heavy atom. The Bertz CT molecular complexity index is 404. The van der Waals surface area contributed by atoms with Crippen LogP contribution < -0.4 is 5.32 Å². The van der Waals surface area contributed by atoms with E-state index in [0.29, 0.717) is 12.2 Å². The second-order valence-electron chi connectivity index (χ2n) is 5.98. The van der Waals surface area contributed by atoms with Crippen molar-refractivity contribution in [3.63, 3.8) is 0 Å². The monoisotopic (exact) mass is 264 g/mol. The van der Waals surface area contributed by atoms with Gasteiger partial charge in [-0.05, 0) is 32.8 Å². The minimum Gasteiger partial charge on any atom is -0.468 e. The van der Waals surface area contributed by atoms with Crippen molar-refractivity contribution in [2.24, 2.45) is 0 Å². The van der Waals surface area contributed by atoms with E-state index < -0.39 is 0 Å². The highest BCUT2D eigenvalue weighted by atomic mass is 16.5. The van der Waals surface area contributed by atoms with Gasteiger partial charge in [0.15, 0.2) is 0 Å². The highest BCUT2D eigenvalue weighted by molar-refractivity contribution is 5.17. The van der Waals surface area contributed by atoms with E-state index in [-0.39, 0.29) is 0 Å². The van der Waals surface area contributed by atoms with Crippen LogP contribution in [0.15, 0.2) is 16.7 Å². The number of rotatable bonds is 5. The van der Waals surface area contributed by atoms with Gasteiger partial charge in [0, 0.05) is 31.2 Å². The quantitative estimate of drug-likeness (QED) is 0.884. The fraction of sp³-hybridized carbons (Fsp3) is 0.733. The van der Waals surface area contributed by atoms with Crippen molar-refractivity contribution in [1.82, 2.24) is 10.2 Å². The first kappa shape index (κ1) is 13.2. The third-order valence-corrected chi connectivity index (χ3v) is 3.86. The van der Waals surface area contributed by atoms with Gasteiger partial charge in [-0.1, -0.05) is 0 Å². The standard InChI is InChI=1S/C15H24N2O2/c1-11-8-17(9-12(2)19-11)10-15-13(5-6-18-15)7-16-14-3-4-14/h5-6,11-12,14,16H,3-4,7-10H2,1-2H3. The highest BCUT2D eigenvalue weighted by Crippen LogP contribution is 2.21.